The monoisotopic (exact) mass is 412 g/mol. The number of nitrogens with one attached hydrogen (secondary N) is 1. The van der Waals surface area contributed by atoms with Crippen LogP contribution in [0.2, 0.25) is 0 Å². The Hall–Kier alpha value is -3.31. The summed E-state index contributed by atoms with van der Waals surface area (Å²) >= 11 is 1.42. The van der Waals surface area contributed by atoms with Gasteiger partial charge in [0, 0.05) is 28.6 Å². The smallest absolute Gasteiger partial charge is 0.258 e. The number of hydrogen-bond acceptors (Lipinski definition) is 4. The second-order valence-corrected chi connectivity index (χ2v) is 8.61. The number of aryl methyl sites for hydroxylation is 1. The Morgan fingerprint density at radius 1 is 0.967 bits per heavy atom. The lowest BCUT2D eigenvalue weighted by Crippen LogP contribution is -2.24. The van der Waals surface area contributed by atoms with Gasteiger partial charge in [-0.05, 0) is 30.9 Å². The first kappa shape index (κ1) is 18.7. The third kappa shape index (κ3) is 3.42. The second-order valence-electron chi connectivity index (χ2n) is 7.75. The number of thiazole rings is 1. The van der Waals surface area contributed by atoms with E-state index in [1.54, 1.807) is 6.07 Å². The van der Waals surface area contributed by atoms with Crippen LogP contribution in [0.1, 0.15) is 39.5 Å². The zero-order valence-corrected chi connectivity index (χ0v) is 17.3. The van der Waals surface area contributed by atoms with E-state index in [1.807, 2.05) is 66.9 Å². The highest BCUT2D eigenvalue weighted by Gasteiger charge is 2.28. The quantitative estimate of drug-likeness (QED) is 0.491. The van der Waals surface area contributed by atoms with Gasteiger partial charge in [0.2, 0.25) is 0 Å². The van der Waals surface area contributed by atoms with Crippen molar-refractivity contribution in [2.75, 3.05) is 0 Å². The van der Waals surface area contributed by atoms with Gasteiger partial charge in [-0.3, -0.25) is 9.59 Å². The molecule has 2 aromatic heterocycles. The average Bonchev–Trinajstić information content (AvgIpc) is 3.24. The fourth-order valence-electron chi connectivity index (χ4n) is 4.00. The Balaban J connectivity index is 1.49. The lowest BCUT2D eigenvalue weighted by atomic mass is 9.81. The van der Waals surface area contributed by atoms with Gasteiger partial charge in [-0.1, -0.05) is 60.2 Å². The zero-order chi connectivity index (χ0) is 20.7. The fraction of sp³-hybridized carbons (Fsp3) is 0.160. The number of H-pyrrole nitrogens is 1. The molecule has 0 amide bonds. The third-order valence-electron chi connectivity index (χ3n) is 5.66. The summed E-state index contributed by atoms with van der Waals surface area (Å²) in [6.45, 7) is 2.04. The van der Waals surface area contributed by atoms with Crippen molar-refractivity contribution in [2.24, 2.45) is 0 Å². The molecule has 0 fully saturated rings. The molecule has 5 heteroatoms. The molecule has 4 aromatic rings. The van der Waals surface area contributed by atoms with Crippen LogP contribution < -0.4 is 5.56 Å². The van der Waals surface area contributed by atoms with Gasteiger partial charge >= 0.3 is 0 Å². The second kappa shape index (κ2) is 7.50. The van der Waals surface area contributed by atoms with E-state index in [0.717, 1.165) is 22.5 Å². The summed E-state index contributed by atoms with van der Waals surface area (Å²) < 4.78 is 0. The van der Waals surface area contributed by atoms with Crippen molar-refractivity contribution in [3.8, 4) is 21.8 Å². The molecule has 0 saturated carbocycles. The molecule has 0 radical (unpaired) electrons. The number of benzene rings is 2. The van der Waals surface area contributed by atoms with E-state index in [4.69, 9.17) is 0 Å². The van der Waals surface area contributed by atoms with Gasteiger partial charge in [0.05, 0.1) is 11.3 Å². The van der Waals surface area contributed by atoms with Crippen molar-refractivity contribution in [1.29, 1.82) is 0 Å². The van der Waals surface area contributed by atoms with E-state index in [-0.39, 0.29) is 17.3 Å². The molecular weight excluding hydrogens is 392 g/mol. The summed E-state index contributed by atoms with van der Waals surface area (Å²) in [5, 5.41) is 2.58. The number of nitrogens with zero attached hydrogens (tertiary/aromatic N) is 1. The van der Waals surface area contributed by atoms with Crippen molar-refractivity contribution in [3.05, 3.63) is 98.8 Å². The first-order valence-electron chi connectivity index (χ1n) is 9.96. The van der Waals surface area contributed by atoms with Gasteiger partial charge in [0.1, 0.15) is 5.01 Å². The van der Waals surface area contributed by atoms with E-state index < -0.39 is 0 Å². The van der Waals surface area contributed by atoms with Gasteiger partial charge in [-0.15, -0.1) is 11.3 Å². The molecule has 2 aromatic carbocycles. The molecule has 0 saturated heterocycles. The van der Waals surface area contributed by atoms with Gasteiger partial charge in [0.15, 0.2) is 5.78 Å². The van der Waals surface area contributed by atoms with Crippen LogP contribution in [-0.4, -0.2) is 15.8 Å². The van der Waals surface area contributed by atoms with Crippen LogP contribution in [-0.2, 0) is 6.42 Å². The molecule has 0 unspecified atom stereocenters. The van der Waals surface area contributed by atoms with Crippen molar-refractivity contribution < 1.29 is 4.79 Å². The van der Waals surface area contributed by atoms with Crippen LogP contribution in [0.25, 0.3) is 21.8 Å². The summed E-state index contributed by atoms with van der Waals surface area (Å²) in [5.41, 5.74) is 5.77. The van der Waals surface area contributed by atoms with E-state index in [2.05, 4.69) is 9.97 Å². The van der Waals surface area contributed by atoms with E-state index >= 15 is 0 Å². The number of Topliss-reactive ketones (excluding diaryl/α,β-unsaturated/α-hetero) is 1. The van der Waals surface area contributed by atoms with Gasteiger partial charge < -0.3 is 4.98 Å². The highest BCUT2D eigenvalue weighted by atomic mass is 32.1. The Labute approximate surface area is 178 Å². The maximum Gasteiger partial charge on any atom is 0.258 e. The molecule has 30 heavy (non-hydrogen) atoms. The standard InChI is InChI=1S/C25H20N2O2S/c1-15-7-9-17(10-8-15)22-14-30-25(27-22)20-13-19-21(26-24(20)29)11-18(12-23(19)28)16-5-3-2-4-6-16/h2-10,13-14,18H,11-12H2,1H3,(H,26,29)/t18-/m1/s1. The molecular formula is C25H20N2O2S. The summed E-state index contributed by atoms with van der Waals surface area (Å²) in [6.07, 6.45) is 1.11. The third-order valence-corrected chi connectivity index (χ3v) is 6.53. The van der Waals surface area contributed by atoms with Crippen LogP contribution >= 0.6 is 11.3 Å². The first-order chi connectivity index (χ1) is 14.6. The number of rotatable bonds is 3. The molecule has 4 nitrogen and oxygen atoms in total. The van der Waals surface area contributed by atoms with Crippen LogP contribution in [0, 0.1) is 6.92 Å². The molecule has 148 valence electrons. The number of pyridine rings is 1. The Morgan fingerprint density at radius 3 is 2.50 bits per heavy atom. The summed E-state index contributed by atoms with van der Waals surface area (Å²) in [7, 11) is 0. The van der Waals surface area contributed by atoms with Crippen LogP contribution in [0.15, 0.2) is 70.8 Å². The number of fused-ring (bicyclic) bond motifs is 1. The van der Waals surface area contributed by atoms with Crippen molar-refractivity contribution in [1.82, 2.24) is 9.97 Å². The Kier molecular flexibility index (Phi) is 4.68. The number of aromatic amines is 1. The summed E-state index contributed by atoms with van der Waals surface area (Å²) in [4.78, 5) is 33.4. The highest BCUT2D eigenvalue weighted by molar-refractivity contribution is 7.13. The molecule has 1 aliphatic carbocycles. The minimum Gasteiger partial charge on any atom is -0.325 e. The van der Waals surface area contributed by atoms with Crippen molar-refractivity contribution in [2.45, 2.75) is 25.7 Å². The van der Waals surface area contributed by atoms with E-state index in [9.17, 15) is 9.59 Å². The van der Waals surface area contributed by atoms with Crippen LogP contribution in [0.3, 0.4) is 0 Å². The predicted octanol–water partition coefficient (Wildman–Crippen LogP) is 5.39. The summed E-state index contributed by atoms with van der Waals surface area (Å²) in [5.74, 6) is 0.165. The lowest BCUT2D eigenvalue weighted by molar-refractivity contribution is 0.0963. The molecule has 5 rings (SSSR count). The molecule has 0 aliphatic heterocycles. The van der Waals surface area contributed by atoms with Crippen molar-refractivity contribution in [3.63, 3.8) is 0 Å². The lowest BCUT2D eigenvalue weighted by Gasteiger charge is -2.24. The Morgan fingerprint density at radius 2 is 1.73 bits per heavy atom. The largest absolute Gasteiger partial charge is 0.325 e. The molecule has 2 heterocycles. The average molecular weight is 413 g/mol. The van der Waals surface area contributed by atoms with E-state index in [0.29, 0.717) is 29.0 Å². The number of carbonyl (C=O) groups is 1. The number of hydrogen-bond donors (Lipinski definition) is 1. The molecule has 1 atom stereocenters. The number of ketones is 1. The SMILES string of the molecule is Cc1ccc(-c2csc(-c3cc4c([nH]c3=O)C[C@@H](c3ccccc3)CC4=O)n2)cc1. The number of carbonyl (C=O) groups excluding carboxylic acids is 1. The van der Waals surface area contributed by atoms with Crippen LogP contribution in [0.4, 0.5) is 0 Å². The molecule has 1 N–H and O–H groups in total. The topological polar surface area (TPSA) is 62.8 Å². The highest BCUT2D eigenvalue weighted by Crippen LogP contribution is 2.33. The molecule has 1 aliphatic rings. The van der Waals surface area contributed by atoms with Gasteiger partial charge in [-0.25, -0.2) is 4.98 Å². The molecule has 0 spiro atoms. The minimum absolute atomic E-state index is 0.0675. The maximum absolute atomic E-state index is 12.9. The number of aromatic nitrogens is 2. The first-order valence-corrected chi connectivity index (χ1v) is 10.8. The zero-order valence-electron chi connectivity index (χ0n) is 16.5. The van der Waals surface area contributed by atoms with Gasteiger partial charge in [-0.2, -0.15) is 0 Å². The normalized spacial score (nSPS) is 15.8. The van der Waals surface area contributed by atoms with E-state index in [1.165, 1.54) is 16.9 Å². The van der Waals surface area contributed by atoms with Crippen LogP contribution in [0.5, 0.6) is 0 Å². The summed E-state index contributed by atoms with van der Waals surface area (Å²) in [6, 6.07) is 19.9. The predicted molar refractivity (Wildman–Crippen MR) is 120 cm³/mol. The van der Waals surface area contributed by atoms with Gasteiger partial charge in [0.25, 0.3) is 5.56 Å². The Bertz CT molecular complexity index is 1290. The minimum atomic E-state index is -0.194. The maximum atomic E-state index is 12.9. The van der Waals surface area contributed by atoms with Crippen molar-refractivity contribution >= 4 is 17.1 Å². The molecule has 0 bridgehead atoms. The fourth-order valence-corrected chi connectivity index (χ4v) is 4.85.